The Balaban J connectivity index is 1.79. The lowest BCUT2D eigenvalue weighted by Gasteiger charge is -2.39. The molecule has 0 spiro atoms. The summed E-state index contributed by atoms with van der Waals surface area (Å²) >= 11 is 0. The molecule has 1 aliphatic rings. The molecule has 1 aromatic heterocycles. The van der Waals surface area contributed by atoms with Gasteiger partial charge in [0.2, 0.25) is 12.0 Å². The number of methoxy groups -OCH3 is 1. The lowest BCUT2D eigenvalue weighted by atomic mass is 9.99. The van der Waals surface area contributed by atoms with Crippen molar-refractivity contribution in [2.24, 2.45) is 0 Å². The van der Waals surface area contributed by atoms with Crippen LogP contribution < -0.4 is 14.9 Å². The maximum absolute atomic E-state index is 12.7. The second-order valence-electron chi connectivity index (χ2n) is 7.29. The topological polar surface area (TPSA) is 159 Å². The fourth-order valence-electron chi connectivity index (χ4n) is 3.58. The van der Waals surface area contributed by atoms with Gasteiger partial charge in [0.15, 0.2) is 16.9 Å². The molecule has 1 fully saturated rings. The van der Waals surface area contributed by atoms with Gasteiger partial charge in [-0.3, -0.25) is 4.79 Å². The Kier molecular flexibility index (Phi) is 6.04. The third-order valence-corrected chi connectivity index (χ3v) is 5.27. The molecular formula is C22H22O10. The van der Waals surface area contributed by atoms with Crippen molar-refractivity contribution in [1.29, 1.82) is 0 Å². The van der Waals surface area contributed by atoms with Crippen LogP contribution in [0.3, 0.4) is 0 Å². The van der Waals surface area contributed by atoms with Gasteiger partial charge in [-0.15, -0.1) is 0 Å². The first kappa shape index (κ1) is 22.1. The van der Waals surface area contributed by atoms with Crippen LogP contribution in [0.4, 0.5) is 0 Å². The maximum Gasteiger partial charge on any atom is 0.229 e. The van der Waals surface area contributed by atoms with Crippen molar-refractivity contribution >= 4 is 11.0 Å². The molecule has 10 nitrogen and oxygen atoms in total. The molecule has 0 aliphatic carbocycles. The van der Waals surface area contributed by atoms with Gasteiger partial charge in [-0.25, -0.2) is 0 Å². The molecule has 0 saturated carbocycles. The third-order valence-electron chi connectivity index (χ3n) is 5.27. The number of phenols is 1. The summed E-state index contributed by atoms with van der Waals surface area (Å²) in [4.78, 5) is 12.7. The molecule has 32 heavy (non-hydrogen) atoms. The number of aromatic hydroxyl groups is 1. The van der Waals surface area contributed by atoms with E-state index >= 15 is 0 Å². The lowest BCUT2D eigenvalue weighted by Crippen LogP contribution is -2.60. The molecule has 1 saturated heterocycles. The summed E-state index contributed by atoms with van der Waals surface area (Å²) in [5.41, 5.74) is 0.104. The summed E-state index contributed by atoms with van der Waals surface area (Å²) in [5, 5.41) is 50.0. The zero-order chi connectivity index (χ0) is 23.0. The van der Waals surface area contributed by atoms with Gasteiger partial charge < -0.3 is 44.2 Å². The van der Waals surface area contributed by atoms with Crippen molar-refractivity contribution in [3.63, 3.8) is 0 Å². The highest BCUT2D eigenvalue weighted by Crippen LogP contribution is 2.43. The van der Waals surface area contributed by atoms with Crippen molar-refractivity contribution in [1.82, 2.24) is 0 Å². The van der Waals surface area contributed by atoms with Crippen molar-refractivity contribution in [3.05, 3.63) is 52.7 Å². The summed E-state index contributed by atoms with van der Waals surface area (Å²) in [6.45, 7) is -0.639. The van der Waals surface area contributed by atoms with E-state index in [1.54, 1.807) is 24.3 Å². The van der Waals surface area contributed by atoms with E-state index in [2.05, 4.69) is 0 Å². The van der Waals surface area contributed by atoms with Crippen LogP contribution in [0.25, 0.3) is 22.3 Å². The van der Waals surface area contributed by atoms with Crippen LogP contribution >= 0.6 is 0 Å². The predicted molar refractivity (Wildman–Crippen MR) is 111 cm³/mol. The molecule has 2 aromatic carbocycles. The number of fused-ring (bicyclic) bond motifs is 1. The Labute approximate surface area is 181 Å². The van der Waals surface area contributed by atoms with Crippen molar-refractivity contribution < 1.29 is 44.2 Å². The van der Waals surface area contributed by atoms with Gasteiger partial charge in [0, 0.05) is 17.7 Å². The minimum atomic E-state index is -1.68. The van der Waals surface area contributed by atoms with E-state index in [0.717, 1.165) is 0 Å². The standard InChI is InChI=1S/C22H22O10/c1-29-21-14(31-22-20(28)19(27)17(25)15(9-23)32-22)8-13-16(18(21)26)11(24)7-12(30-13)10-5-3-2-4-6-10/h2-8,15,17,19-20,22-23,25-28H,9H2,1H3/t15-,17-,19-,20-,22-/m0/s1. The first-order valence-corrected chi connectivity index (χ1v) is 9.76. The first-order valence-electron chi connectivity index (χ1n) is 9.76. The van der Waals surface area contributed by atoms with Crippen LogP contribution in [0.1, 0.15) is 0 Å². The number of hydrogen-bond acceptors (Lipinski definition) is 10. The van der Waals surface area contributed by atoms with E-state index < -0.39 is 48.5 Å². The third kappa shape index (κ3) is 3.78. The van der Waals surface area contributed by atoms with Crippen LogP contribution in [0, 0.1) is 0 Å². The van der Waals surface area contributed by atoms with Crippen molar-refractivity contribution in [3.8, 4) is 28.6 Å². The van der Waals surface area contributed by atoms with Crippen LogP contribution in [0.5, 0.6) is 17.2 Å². The van der Waals surface area contributed by atoms with E-state index in [0.29, 0.717) is 5.56 Å². The number of aliphatic hydroxyl groups is 4. The Morgan fingerprint density at radius 2 is 1.75 bits per heavy atom. The first-order chi connectivity index (χ1) is 15.3. The second-order valence-corrected chi connectivity index (χ2v) is 7.29. The predicted octanol–water partition coefficient (Wildman–Crippen LogP) is 0.353. The Hall–Kier alpha value is -3.15. The average Bonchev–Trinajstić information content (AvgIpc) is 2.79. The van der Waals surface area contributed by atoms with Gasteiger partial charge in [-0.05, 0) is 0 Å². The molecule has 0 bridgehead atoms. The van der Waals surface area contributed by atoms with Gasteiger partial charge in [0.25, 0.3) is 0 Å². The molecule has 10 heteroatoms. The second kappa shape index (κ2) is 8.77. The van der Waals surface area contributed by atoms with E-state index in [1.165, 1.54) is 19.2 Å². The van der Waals surface area contributed by atoms with Gasteiger partial charge in [-0.1, -0.05) is 30.3 Å². The quantitative estimate of drug-likeness (QED) is 0.370. The Morgan fingerprint density at radius 1 is 1.03 bits per heavy atom. The van der Waals surface area contributed by atoms with E-state index in [-0.39, 0.29) is 28.2 Å². The Morgan fingerprint density at radius 3 is 2.41 bits per heavy atom. The molecular weight excluding hydrogens is 424 g/mol. The fraction of sp³-hybridized carbons (Fsp3) is 0.318. The molecule has 4 rings (SSSR count). The normalized spacial score (nSPS) is 25.6. The highest BCUT2D eigenvalue weighted by Gasteiger charge is 2.45. The van der Waals surface area contributed by atoms with Crippen LogP contribution in [-0.4, -0.2) is 70.0 Å². The lowest BCUT2D eigenvalue weighted by molar-refractivity contribution is -0.277. The molecule has 0 unspecified atom stereocenters. The molecule has 0 amide bonds. The van der Waals surface area contributed by atoms with E-state index in [4.69, 9.17) is 18.6 Å². The number of rotatable bonds is 5. The minimum Gasteiger partial charge on any atom is -0.504 e. The summed E-state index contributed by atoms with van der Waals surface area (Å²) in [5.74, 6) is -0.672. The summed E-state index contributed by atoms with van der Waals surface area (Å²) in [6.07, 6.45) is -7.62. The zero-order valence-electron chi connectivity index (χ0n) is 16.9. The van der Waals surface area contributed by atoms with E-state index in [9.17, 15) is 30.3 Å². The van der Waals surface area contributed by atoms with Crippen LogP contribution in [0.15, 0.2) is 51.7 Å². The summed E-state index contributed by atoms with van der Waals surface area (Å²) in [7, 11) is 1.24. The largest absolute Gasteiger partial charge is 0.504 e. The molecule has 5 atom stereocenters. The number of phenolic OH excluding ortho intramolecular Hbond substituents is 1. The van der Waals surface area contributed by atoms with Gasteiger partial charge in [0.1, 0.15) is 41.1 Å². The van der Waals surface area contributed by atoms with Gasteiger partial charge in [-0.2, -0.15) is 0 Å². The van der Waals surface area contributed by atoms with Crippen LogP contribution in [-0.2, 0) is 4.74 Å². The fourth-order valence-corrected chi connectivity index (χ4v) is 3.58. The minimum absolute atomic E-state index is 0.0192. The highest BCUT2D eigenvalue weighted by atomic mass is 16.7. The molecule has 1 aliphatic heterocycles. The smallest absolute Gasteiger partial charge is 0.229 e. The van der Waals surface area contributed by atoms with Gasteiger partial charge in [0.05, 0.1) is 13.7 Å². The van der Waals surface area contributed by atoms with Crippen molar-refractivity contribution in [2.75, 3.05) is 13.7 Å². The van der Waals surface area contributed by atoms with E-state index in [1.807, 2.05) is 6.07 Å². The Bertz CT molecular complexity index is 1160. The zero-order valence-corrected chi connectivity index (χ0v) is 16.9. The maximum atomic E-state index is 12.7. The number of benzene rings is 2. The number of hydrogen-bond donors (Lipinski definition) is 5. The van der Waals surface area contributed by atoms with Gasteiger partial charge >= 0.3 is 0 Å². The number of aliphatic hydroxyl groups excluding tert-OH is 4. The highest BCUT2D eigenvalue weighted by molar-refractivity contribution is 5.89. The molecule has 5 N–H and O–H groups in total. The summed E-state index contributed by atoms with van der Waals surface area (Å²) in [6, 6.07) is 11.4. The average molecular weight is 446 g/mol. The molecule has 0 radical (unpaired) electrons. The monoisotopic (exact) mass is 446 g/mol. The SMILES string of the molecule is COc1c(O[C@H]2O[C@@H](CO)[C@H](O)[C@H](O)[C@@H]2O)cc2oc(-c3ccccc3)cc(=O)c2c1O. The van der Waals surface area contributed by atoms with Crippen molar-refractivity contribution in [2.45, 2.75) is 30.7 Å². The molecule has 170 valence electrons. The molecule has 2 heterocycles. The number of ether oxygens (including phenoxy) is 3. The molecule has 3 aromatic rings. The van der Waals surface area contributed by atoms with Crippen LogP contribution in [0.2, 0.25) is 0 Å². The summed E-state index contributed by atoms with van der Waals surface area (Å²) < 4.78 is 22.0.